The first-order valence-corrected chi connectivity index (χ1v) is 8.56. The Morgan fingerprint density at radius 3 is 2.57 bits per heavy atom. The Balaban J connectivity index is 1.57. The van der Waals surface area contributed by atoms with Crippen molar-refractivity contribution in [3.05, 3.63) is 23.3 Å². The second kappa shape index (κ2) is 5.88. The third-order valence-electron chi connectivity index (χ3n) is 5.26. The average molecular weight is 287 g/mol. The largest absolute Gasteiger partial charge is 0.486 e. The summed E-state index contributed by atoms with van der Waals surface area (Å²) in [6, 6.07) is 4.97. The molecule has 3 aliphatic rings. The molecule has 1 atom stereocenters. The van der Waals surface area contributed by atoms with Gasteiger partial charge in [0.25, 0.3) is 0 Å². The van der Waals surface area contributed by atoms with Gasteiger partial charge in [0.15, 0.2) is 11.5 Å². The van der Waals surface area contributed by atoms with Crippen LogP contribution in [0.3, 0.4) is 0 Å². The quantitative estimate of drug-likeness (QED) is 0.901. The number of ether oxygens (including phenoxy) is 2. The standard InChI is InChI=1S/C18H25NO2/c1-2-4-13(5-3-1)10-16-15-12-18-17(20-8-9-21-18)11-14(15)6-7-19-16/h11-13,16,19H,1-10H2. The van der Waals surface area contributed by atoms with Gasteiger partial charge in [-0.25, -0.2) is 0 Å². The normalized spacial score (nSPS) is 25.4. The molecule has 1 aliphatic carbocycles. The van der Waals surface area contributed by atoms with E-state index < -0.39 is 0 Å². The zero-order valence-electron chi connectivity index (χ0n) is 12.7. The number of fused-ring (bicyclic) bond motifs is 2. The molecule has 1 fully saturated rings. The molecule has 2 aliphatic heterocycles. The fraction of sp³-hybridized carbons (Fsp3) is 0.667. The zero-order chi connectivity index (χ0) is 14.1. The van der Waals surface area contributed by atoms with Crippen molar-refractivity contribution in [2.75, 3.05) is 19.8 Å². The Labute approximate surface area is 127 Å². The number of benzene rings is 1. The molecular weight excluding hydrogens is 262 g/mol. The van der Waals surface area contributed by atoms with Gasteiger partial charge in [-0.3, -0.25) is 0 Å². The third kappa shape index (κ3) is 2.76. The predicted molar refractivity (Wildman–Crippen MR) is 83.1 cm³/mol. The molecule has 1 unspecified atom stereocenters. The van der Waals surface area contributed by atoms with E-state index in [1.54, 1.807) is 0 Å². The molecule has 3 heteroatoms. The Morgan fingerprint density at radius 1 is 1.00 bits per heavy atom. The van der Waals surface area contributed by atoms with Gasteiger partial charge in [0.05, 0.1) is 0 Å². The average Bonchev–Trinajstić information content (AvgIpc) is 2.54. The van der Waals surface area contributed by atoms with Gasteiger partial charge in [-0.1, -0.05) is 32.1 Å². The first kappa shape index (κ1) is 13.4. The molecule has 3 nitrogen and oxygen atoms in total. The predicted octanol–water partition coefficient (Wildman–Crippen LogP) is 3.62. The van der Waals surface area contributed by atoms with Crippen LogP contribution in [0, 0.1) is 5.92 Å². The van der Waals surface area contributed by atoms with Gasteiger partial charge in [0.1, 0.15) is 13.2 Å². The van der Waals surface area contributed by atoms with Gasteiger partial charge in [-0.15, -0.1) is 0 Å². The van der Waals surface area contributed by atoms with Gasteiger partial charge in [0.2, 0.25) is 0 Å². The molecule has 114 valence electrons. The minimum absolute atomic E-state index is 0.507. The highest BCUT2D eigenvalue weighted by atomic mass is 16.6. The lowest BCUT2D eigenvalue weighted by Crippen LogP contribution is -2.32. The van der Waals surface area contributed by atoms with Crippen LogP contribution in [-0.4, -0.2) is 19.8 Å². The van der Waals surface area contributed by atoms with Crippen LogP contribution in [0.1, 0.15) is 55.7 Å². The van der Waals surface area contributed by atoms with Gasteiger partial charge in [-0.2, -0.15) is 0 Å². The fourth-order valence-electron chi connectivity index (χ4n) is 4.14. The van der Waals surface area contributed by atoms with Gasteiger partial charge in [-0.05, 0) is 48.6 Å². The maximum absolute atomic E-state index is 5.78. The lowest BCUT2D eigenvalue weighted by molar-refractivity contribution is 0.170. The number of nitrogens with one attached hydrogen (secondary N) is 1. The Morgan fingerprint density at radius 2 is 1.76 bits per heavy atom. The topological polar surface area (TPSA) is 30.5 Å². The van der Waals surface area contributed by atoms with E-state index in [0.29, 0.717) is 19.3 Å². The molecule has 1 aromatic carbocycles. The second-order valence-corrected chi connectivity index (χ2v) is 6.69. The Hall–Kier alpha value is -1.22. The van der Waals surface area contributed by atoms with E-state index in [-0.39, 0.29) is 0 Å². The summed E-state index contributed by atoms with van der Waals surface area (Å²) in [5, 5.41) is 3.73. The second-order valence-electron chi connectivity index (χ2n) is 6.69. The highest BCUT2D eigenvalue weighted by Crippen LogP contribution is 2.40. The minimum atomic E-state index is 0.507. The van der Waals surface area contributed by atoms with Crippen molar-refractivity contribution < 1.29 is 9.47 Å². The maximum Gasteiger partial charge on any atom is 0.161 e. The minimum Gasteiger partial charge on any atom is -0.486 e. The van der Waals surface area contributed by atoms with Gasteiger partial charge >= 0.3 is 0 Å². The van der Waals surface area contributed by atoms with E-state index in [1.165, 1.54) is 49.7 Å². The van der Waals surface area contributed by atoms with Crippen LogP contribution in [0.25, 0.3) is 0 Å². The monoisotopic (exact) mass is 287 g/mol. The molecule has 2 heterocycles. The summed E-state index contributed by atoms with van der Waals surface area (Å²) in [5.41, 5.74) is 2.91. The number of rotatable bonds is 2. The van der Waals surface area contributed by atoms with E-state index in [9.17, 15) is 0 Å². The van der Waals surface area contributed by atoms with Crippen LogP contribution >= 0.6 is 0 Å². The smallest absolute Gasteiger partial charge is 0.161 e. The first-order chi connectivity index (χ1) is 10.4. The summed E-state index contributed by atoms with van der Waals surface area (Å²) in [7, 11) is 0. The summed E-state index contributed by atoms with van der Waals surface area (Å²) in [6.07, 6.45) is 9.50. The van der Waals surface area contributed by atoms with Crippen LogP contribution in [0.15, 0.2) is 12.1 Å². The molecule has 0 amide bonds. The fourth-order valence-corrected chi connectivity index (χ4v) is 4.14. The zero-order valence-corrected chi connectivity index (χ0v) is 12.7. The Kier molecular flexibility index (Phi) is 3.76. The number of hydrogen-bond acceptors (Lipinski definition) is 3. The van der Waals surface area contributed by atoms with Crippen LogP contribution in [0.5, 0.6) is 11.5 Å². The van der Waals surface area contributed by atoms with E-state index in [0.717, 1.165) is 30.4 Å². The maximum atomic E-state index is 5.78. The molecule has 1 saturated carbocycles. The van der Waals surface area contributed by atoms with E-state index in [4.69, 9.17) is 9.47 Å². The lowest BCUT2D eigenvalue weighted by atomic mass is 9.81. The van der Waals surface area contributed by atoms with Gasteiger partial charge in [0, 0.05) is 6.04 Å². The van der Waals surface area contributed by atoms with Crippen LogP contribution < -0.4 is 14.8 Å². The molecule has 21 heavy (non-hydrogen) atoms. The lowest BCUT2D eigenvalue weighted by Gasteiger charge is -2.33. The molecule has 1 N–H and O–H groups in total. The summed E-state index contributed by atoms with van der Waals surface area (Å²) in [5.74, 6) is 2.78. The summed E-state index contributed by atoms with van der Waals surface area (Å²) in [6.45, 7) is 2.44. The van der Waals surface area contributed by atoms with Crippen molar-refractivity contribution in [2.45, 2.75) is 51.0 Å². The summed E-state index contributed by atoms with van der Waals surface area (Å²) in [4.78, 5) is 0. The van der Waals surface area contributed by atoms with Crippen molar-refractivity contribution >= 4 is 0 Å². The molecule has 0 aromatic heterocycles. The highest BCUT2D eigenvalue weighted by Gasteiger charge is 2.26. The number of hydrogen-bond donors (Lipinski definition) is 1. The molecule has 0 bridgehead atoms. The van der Waals surface area contributed by atoms with E-state index in [1.807, 2.05) is 0 Å². The van der Waals surface area contributed by atoms with Crippen molar-refractivity contribution in [1.82, 2.24) is 5.32 Å². The molecule has 0 radical (unpaired) electrons. The first-order valence-electron chi connectivity index (χ1n) is 8.56. The van der Waals surface area contributed by atoms with E-state index in [2.05, 4.69) is 17.4 Å². The van der Waals surface area contributed by atoms with Crippen molar-refractivity contribution in [1.29, 1.82) is 0 Å². The van der Waals surface area contributed by atoms with Gasteiger partial charge < -0.3 is 14.8 Å². The summed E-state index contributed by atoms with van der Waals surface area (Å²) >= 11 is 0. The highest BCUT2D eigenvalue weighted by molar-refractivity contribution is 5.50. The molecule has 0 saturated heterocycles. The van der Waals surface area contributed by atoms with E-state index >= 15 is 0 Å². The third-order valence-corrected chi connectivity index (χ3v) is 5.26. The van der Waals surface area contributed by atoms with Crippen molar-refractivity contribution in [2.24, 2.45) is 5.92 Å². The molecular formula is C18H25NO2. The summed E-state index contributed by atoms with van der Waals surface area (Å²) < 4.78 is 11.5. The Bertz CT molecular complexity index is 508. The van der Waals surface area contributed by atoms with Crippen molar-refractivity contribution in [3.63, 3.8) is 0 Å². The van der Waals surface area contributed by atoms with Crippen molar-refractivity contribution in [3.8, 4) is 11.5 Å². The SMILES string of the molecule is c1c2c(cc3c1OCCO3)C(CC1CCCCC1)NCC2. The van der Waals surface area contributed by atoms with Crippen LogP contribution in [0.4, 0.5) is 0 Å². The van der Waals surface area contributed by atoms with Crippen LogP contribution in [-0.2, 0) is 6.42 Å². The molecule has 0 spiro atoms. The molecule has 1 aromatic rings. The van der Waals surface area contributed by atoms with Crippen LogP contribution in [0.2, 0.25) is 0 Å². The molecule has 4 rings (SSSR count).